The minimum atomic E-state index is -1.05. The zero-order chi connectivity index (χ0) is 14.2. The van der Waals surface area contributed by atoms with Crippen LogP contribution in [0.2, 0.25) is 0 Å². The van der Waals surface area contributed by atoms with Gasteiger partial charge in [-0.2, -0.15) is 0 Å². The molecule has 0 atom stereocenters. The molecule has 0 bridgehead atoms. The molecule has 1 aromatic heterocycles. The quantitative estimate of drug-likeness (QED) is 0.853. The fraction of sp³-hybridized carbons (Fsp3) is 0.214. The molecule has 0 spiro atoms. The van der Waals surface area contributed by atoms with E-state index in [2.05, 4.69) is 0 Å². The number of hydrogen-bond acceptors (Lipinski definition) is 3. The number of aromatic carboxylic acids is 1. The topological polar surface area (TPSA) is 76.4 Å². The van der Waals surface area contributed by atoms with Crippen LogP contribution < -0.4 is 0 Å². The van der Waals surface area contributed by atoms with Crippen molar-refractivity contribution in [3.05, 3.63) is 35.5 Å². The highest BCUT2D eigenvalue weighted by atomic mass is 16.4. The highest BCUT2D eigenvalue weighted by Gasteiger charge is 2.15. The molecular weight excluding hydrogens is 246 g/mol. The number of Topliss-reactive ketones (excluding diaryl/α,β-unsaturated/α-hetero) is 2. The molecule has 98 valence electrons. The second kappa shape index (κ2) is 4.68. The predicted octanol–water partition coefficient (Wildman–Crippen LogP) is 2.13. The molecule has 2 rings (SSSR count). The molecule has 1 N–H and O–H groups in total. The van der Waals surface area contributed by atoms with Gasteiger partial charge in [-0.3, -0.25) is 9.59 Å². The first-order chi connectivity index (χ1) is 8.90. The lowest BCUT2D eigenvalue weighted by molar-refractivity contribution is -0.117. The number of rotatable bonds is 4. The van der Waals surface area contributed by atoms with Crippen LogP contribution in [0.4, 0.5) is 0 Å². The summed E-state index contributed by atoms with van der Waals surface area (Å²) in [5.41, 5.74) is 1.24. The molecule has 5 nitrogen and oxygen atoms in total. The van der Waals surface area contributed by atoms with E-state index >= 15 is 0 Å². The van der Waals surface area contributed by atoms with Crippen molar-refractivity contribution in [2.24, 2.45) is 0 Å². The fourth-order valence-corrected chi connectivity index (χ4v) is 2.08. The van der Waals surface area contributed by atoms with Gasteiger partial charge in [0.05, 0.1) is 12.1 Å². The molecule has 0 saturated heterocycles. The first-order valence-corrected chi connectivity index (χ1v) is 5.76. The van der Waals surface area contributed by atoms with E-state index < -0.39 is 5.97 Å². The summed E-state index contributed by atoms with van der Waals surface area (Å²) in [5.74, 6) is -1.24. The van der Waals surface area contributed by atoms with E-state index in [0.717, 1.165) is 0 Å². The fourth-order valence-electron chi connectivity index (χ4n) is 2.08. The number of benzene rings is 1. The number of carbonyl (C=O) groups excluding carboxylic acids is 2. The largest absolute Gasteiger partial charge is 0.478 e. The van der Waals surface area contributed by atoms with E-state index in [1.807, 2.05) is 0 Å². The first-order valence-electron chi connectivity index (χ1n) is 5.76. The van der Waals surface area contributed by atoms with E-state index in [-0.39, 0.29) is 23.7 Å². The molecule has 0 radical (unpaired) electrons. The van der Waals surface area contributed by atoms with Gasteiger partial charge in [-0.05, 0) is 32.0 Å². The number of ketones is 2. The second-order valence-electron chi connectivity index (χ2n) is 4.47. The van der Waals surface area contributed by atoms with Crippen LogP contribution in [0.15, 0.2) is 24.4 Å². The van der Waals surface area contributed by atoms with Gasteiger partial charge in [0, 0.05) is 22.7 Å². The third kappa shape index (κ3) is 2.40. The maximum Gasteiger partial charge on any atom is 0.335 e. The highest BCUT2D eigenvalue weighted by Crippen LogP contribution is 2.23. The summed E-state index contributed by atoms with van der Waals surface area (Å²) in [6.45, 7) is 3.04. The van der Waals surface area contributed by atoms with Crippen LogP contribution in [-0.4, -0.2) is 27.2 Å². The van der Waals surface area contributed by atoms with Gasteiger partial charge in [0.25, 0.3) is 0 Å². The van der Waals surface area contributed by atoms with Gasteiger partial charge in [0.2, 0.25) is 0 Å². The van der Waals surface area contributed by atoms with Crippen LogP contribution in [0.25, 0.3) is 10.9 Å². The average Bonchev–Trinajstić information content (AvgIpc) is 2.66. The molecular formula is C14H13NO4. The van der Waals surface area contributed by atoms with Crippen LogP contribution in [0.1, 0.15) is 34.6 Å². The van der Waals surface area contributed by atoms with Crippen molar-refractivity contribution in [3.8, 4) is 0 Å². The van der Waals surface area contributed by atoms with Crippen molar-refractivity contribution in [1.82, 2.24) is 4.57 Å². The minimum absolute atomic E-state index is 0.0330. The van der Waals surface area contributed by atoms with Crippen LogP contribution >= 0.6 is 0 Å². The van der Waals surface area contributed by atoms with E-state index in [4.69, 9.17) is 5.11 Å². The van der Waals surface area contributed by atoms with E-state index in [1.165, 1.54) is 26.0 Å². The smallest absolute Gasteiger partial charge is 0.335 e. The molecule has 1 aromatic carbocycles. The standard InChI is InChI=1S/C14H13NO4/c1-8(16)6-15-7-12(9(2)17)11-5-10(14(18)19)3-4-13(11)15/h3-5,7H,6H2,1-2H3,(H,18,19). The Balaban J connectivity index is 2.71. The average molecular weight is 259 g/mol. The first kappa shape index (κ1) is 13.0. The summed E-state index contributed by atoms with van der Waals surface area (Å²) in [7, 11) is 0. The summed E-state index contributed by atoms with van der Waals surface area (Å²) in [6.07, 6.45) is 1.60. The number of fused-ring (bicyclic) bond motifs is 1. The lowest BCUT2D eigenvalue weighted by Crippen LogP contribution is -2.04. The van der Waals surface area contributed by atoms with Gasteiger partial charge < -0.3 is 9.67 Å². The van der Waals surface area contributed by atoms with Gasteiger partial charge in [-0.25, -0.2) is 4.79 Å². The zero-order valence-electron chi connectivity index (χ0n) is 10.6. The Hall–Kier alpha value is -2.43. The molecule has 0 aliphatic heterocycles. The van der Waals surface area contributed by atoms with Crippen LogP contribution in [0.3, 0.4) is 0 Å². The third-order valence-electron chi connectivity index (χ3n) is 2.90. The van der Waals surface area contributed by atoms with Gasteiger partial charge in [0.1, 0.15) is 5.78 Å². The summed E-state index contributed by atoms with van der Waals surface area (Å²) < 4.78 is 1.67. The monoisotopic (exact) mass is 259 g/mol. The minimum Gasteiger partial charge on any atom is -0.478 e. The number of carboxylic acid groups (broad SMARTS) is 1. The van der Waals surface area contributed by atoms with Crippen LogP contribution in [-0.2, 0) is 11.3 Å². The van der Waals surface area contributed by atoms with Crippen molar-refractivity contribution < 1.29 is 19.5 Å². The Morgan fingerprint density at radius 3 is 2.42 bits per heavy atom. The van der Waals surface area contributed by atoms with Gasteiger partial charge in [0.15, 0.2) is 5.78 Å². The number of nitrogens with zero attached hydrogens (tertiary/aromatic N) is 1. The molecule has 0 amide bonds. The molecule has 0 aliphatic rings. The van der Waals surface area contributed by atoms with Gasteiger partial charge in [-0.1, -0.05) is 0 Å². The van der Waals surface area contributed by atoms with Crippen molar-refractivity contribution in [1.29, 1.82) is 0 Å². The molecule has 2 aromatic rings. The Labute approximate surface area is 109 Å². The second-order valence-corrected chi connectivity index (χ2v) is 4.47. The molecule has 1 heterocycles. The van der Waals surface area contributed by atoms with E-state index in [1.54, 1.807) is 16.8 Å². The number of aromatic nitrogens is 1. The summed E-state index contributed by atoms with van der Waals surface area (Å²) >= 11 is 0. The van der Waals surface area contributed by atoms with Crippen molar-refractivity contribution in [3.63, 3.8) is 0 Å². The van der Waals surface area contributed by atoms with Crippen LogP contribution in [0.5, 0.6) is 0 Å². The summed E-state index contributed by atoms with van der Waals surface area (Å²) in [5, 5.41) is 9.54. The molecule has 0 unspecified atom stereocenters. The third-order valence-corrected chi connectivity index (χ3v) is 2.90. The molecule has 5 heteroatoms. The Kier molecular flexibility index (Phi) is 3.21. The maximum atomic E-state index is 11.6. The van der Waals surface area contributed by atoms with Crippen molar-refractivity contribution in [2.75, 3.05) is 0 Å². The van der Waals surface area contributed by atoms with Crippen molar-refractivity contribution >= 4 is 28.4 Å². The number of carboxylic acids is 1. The maximum absolute atomic E-state index is 11.6. The lowest BCUT2D eigenvalue weighted by atomic mass is 10.1. The molecule has 0 aliphatic carbocycles. The molecule has 19 heavy (non-hydrogen) atoms. The zero-order valence-corrected chi connectivity index (χ0v) is 10.6. The van der Waals surface area contributed by atoms with Gasteiger partial charge >= 0.3 is 5.97 Å². The van der Waals surface area contributed by atoms with Gasteiger partial charge in [-0.15, -0.1) is 0 Å². The lowest BCUT2D eigenvalue weighted by Gasteiger charge is -2.02. The Morgan fingerprint density at radius 2 is 1.89 bits per heavy atom. The normalized spacial score (nSPS) is 10.6. The van der Waals surface area contributed by atoms with E-state index in [9.17, 15) is 14.4 Å². The Morgan fingerprint density at radius 1 is 1.21 bits per heavy atom. The Bertz CT molecular complexity index is 697. The number of carbonyl (C=O) groups is 3. The number of hydrogen-bond donors (Lipinski definition) is 1. The van der Waals surface area contributed by atoms with Crippen LogP contribution in [0, 0.1) is 0 Å². The summed E-state index contributed by atoms with van der Waals surface area (Å²) in [4.78, 5) is 33.8. The molecule has 0 saturated carbocycles. The van der Waals surface area contributed by atoms with Crippen molar-refractivity contribution in [2.45, 2.75) is 20.4 Å². The SMILES string of the molecule is CC(=O)Cn1cc(C(C)=O)c2cc(C(=O)O)ccc21. The molecule has 0 fully saturated rings. The summed E-state index contributed by atoms with van der Waals surface area (Å²) in [6, 6.07) is 4.55. The van der Waals surface area contributed by atoms with E-state index in [0.29, 0.717) is 16.5 Å². The highest BCUT2D eigenvalue weighted by molar-refractivity contribution is 6.08. The predicted molar refractivity (Wildman–Crippen MR) is 69.6 cm³/mol.